The van der Waals surface area contributed by atoms with Gasteiger partial charge in [-0.1, -0.05) is 36.4 Å². The average molecular weight is 685 g/mol. The van der Waals surface area contributed by atoms with E-state index in [1.807, 2.05) is 0 Å². The van der Waals surface area contributed by atoms with Gasteiger partial charge in [0.2, 0.25) is 21.7 Å². The molecule has 0 unspecified atom stereocenters. The van der Waals surface area contributed by atoms with Gasteiger partial charge in [0, 0.05) is 39.6 Å². The number of hydrogen-bond donors (Lipinski definition) is 8. The molecule has 17 heteroatoms. The normalized spacial score (nSPS) is 37.2. The van der Waals surface area contributed by atoms with Crippen molar-refractivity contribution in [1.29, 1.82) is 0 Å². The lowest BCUT2D eigenvalue weighted by Crippen LogP contribution is -2.80. The summed E-state index contributed by atoms with van der Waals surface area (Å²) in [6.07, 6.45) is -11.2. The number of nitrogens with one attached hydrogen (secondary N) is 2. The Hall–Kier alpha value is -2.75. The van der Waals surface area contributed by atoms with Gasteiger partial charge in [0.15, 0.2) is 0 Å². The predicted molar refractivity (Wildman–Crippen MR) is 162 cm³/mol. The molecule has 10 atom stereocenters. The molecule has 47 heavy (non-hydrogen) atoms. The summed E-state index contributed by atoms with van der Waals surface area (Å²) in [4.78, 5) is 27.5. The number of thioether (sulfide) groups is 1. The van der Waals surface area contributed by atoms with E-state index >= 15 is 0 Å². The number of rotatable bonds is 12. The van der Waals surface area contributed by atoms with E-state index in [9.17, 15) is 40.2 Å². The van der Waals surface area contributed by atoms with E-state index in [4.69, 9.17) is 28.4 Å². The summed E-state index contributed by atoms with van der Waals surface area (Å²) >= 11 is 0.234. The highest BCUT2D eigenvalue weighted by Crippen LogP contribution is 2.52. The first-order valence-corrected chi connectivity index (χ1v) is 15.1. The van der Waals surface area contributed by atoms with Crippen LogP contribution in [0.3, 0.4) is 0 Å². The highest BCUT2D eigenvalue weighted by atomic mass is 32.2. The average Bonchev–Trinajstić information content (AvgIpc) is 3.09. The molecule has 2 aromatic carbocycles. The lowest BCUT2D eigenvalue weighted by atomic mass is 9.94. The van der Waals surface area contributed by atoms with Crippen LogP contribution in [0.25, 0.3) is 0 Å². The molecule has 0 spiro atoms. The van der Waals surface area contributed by atoms with Gasteiger partial charge in [0.1, 0.15) is 49.8 Å². The first kappa shape index (κ1) is 37.1. The summed E-state index contributed by atoms with van der Waals surface area (Å²) in [6, 6.07) is 15.3. The summed E-state index contributed by atoms with van der Waals surface area (Å²) in [6.45, 7) is -2.10. The van der Waals surface area contributed by atoms with Gasteiger partial charge >= 0.3 is 0 Å². The van der Waals surface area contributed by atoms with Crippen molar-refractivity contribution in [2.45, 2.75) is 58.3 Å². The van der Waals surface area contributed by atoms with Crippen LogP contribution in [-0.4, -0.2) is 142 Å². The fraction of sp³-hybridized carbons (Fsp3) is 0.533. The molecule has 2 amide bonds. The molecule has 2 aromatic rings. The van der Waals surface area contributed by atoms with Crippen molar-refractivity contribution in [3.05, 3.63) is 71.8 Å². The zero-order valence-electron chi connectivity index (χ0n) is 26.0. The molecule has 2 saturated heterocycles. The minimum Gasteiger partial charge on any atom is -0.391 e. The number of carbonyl (C=O) groups excluding carboxylic acids is 2. The van der Waals surface area contributed by atoms with E-state index in [1.54, 1.807) is 36.4 Å². The summed E-state index contributed by atoms with van der Waals surface area (Å²) in [5, 5.41) is 66.8. The fourth-order valence-corrected chi connectivity index (χ4v) is 7.14. The van der Waals surface area contributed by atoms with Crippen molar-refractivity contribution < 1.29 is 68.6 Å². The number of aliphatic hydroxyl groups excluding tert-OH is 6. The number of ether oxygens (including phenoxy) is 6. The molecule has 2 heterocycles. The number of methoxy groups -OCH3 is 4. The molecular weight excluding hydrogens is 644 g/mol. The second kappa shape index (κ2) is 14.8. The maximum atomic E-state index is 13.8. The Balaban J connectivity index is 1.98. The lowest BCUT2D eigenvalue weighted by Gasteiger charge is -2.58. The monoisotopic (exact) mass is 684 g/mol. The van der Waals surface area contributed by atoms with E-state index in [0.29, 0.717) is 0 Å². The van der Waals surface area contributed by atoms with Crippen molar-refractivity contribution >= 4 is 23.6 Å². The van der Waals surface area contributed by atoms with Crippen LogP contribution in [0, 0.1) is 0 Å². The first-order chi connectivity index (χ1) is 22.4. The SMILES string of the molecule is CO[C@H]1[C@@H](O)[C@](CO)(OC)O[C@@](NC(=O)c2ccccc2)(S[C@]2(NC(=O)c3ccccc3)O[C@@](CO)(OC)[C@H](O)[C@H](OC)[C@H]2O)[C@@H]1O. The van der Waals surface area contributed by atoms with Crippen LogP contribution in [0.5, 0.6) is 0 Å². The molecule has 2 aliphatic rings. The zero-order valence-corrected chi connectivity index (χ0v) is 26.8. The van der Waals surface area contributed by atoms with Gasteiger partial charge in [-0.05, 0) is 36.0 Å². The number of hydrogen-bond acceptors (Lipinski definition) is 15. The molecular formula is C30H40N2O14S. The van der Waals surface area contributed by atoms with Gasteiger partial charge in [-0.3, -0.25) is 9.59 Å². The number of benzene rings is 2. The van der Waals surface area contributed by atoms with Crippen LogP contribution in [-0.2, 0) is 28.4 Å². The van der Waals surface area contributed by atoms with Crippen LogP contribution < -0.4 is 10.6 Å². The molecule has 2 aliphatic heterocycles. The molecule has 2 fully saturated rings. The van der Waals surface area contributed by atoms with Gasteiger partial charge in [0.25, 0.3) is 11.8 Å². The molecule has 260 valence electrons. The van der Waals surface area contributed by atoms with Gasteiger partial charge in [0.05, 0.1) is 0 Å². The van der Waals surface area contributed by atoms with E-state index in [-0.39, 0.29) is 22.9 Å². The summed E-state index contributed by atoms with van der Waals surface area (Å²) in [7, 11) is 4.42. The Labute approximate surface area is 274 Å². The van der Waals surface area contributed by atoms with Crippen molar-refractivity contribution in [2.75, 3.05) is 41.7 Å². The highest BCUT2D eigenvalue weighted by molar-refractivity contribution is 8.01. The zero-order chi connectivity index (χ0) is 34.6. The second-order valence-electron chi connectivity index (χ2n) is 10.8. The molecule has 0 aliphatic carbocycles. The maximum Gasteiger partial charge on any atom is 0.254 e. The fourth-order valence-electron chi connectivity index (χ4n) is 5.53. The third-order valence-corrected chi connectivity index (χ3v) is 9.66. The third-order valence-electron chi connectivity index (χ3n) is 8.20. The van der Waals surface area contributed by atoms with Gasteiger partial charge in [-0.2, -0.15) is 0 Å². The van der Waals surface area contributed by atoms with Crippen LogP contribution in [0.1, 0.15) is 20.7 Å². The first-order valence-electron chi connectivity index (χ1n) is 14.3. The summed E-state index contributed by atoms with van der Waals surface area (Å²) in [5.74, 6) is -6.53. The Bertz CT molecular complexity index is 1250. The van der Waals surface area contributed by atoms with E-state index in [1.165, 1.54) is 24.3 Å². The van der Waals surface area contributed by atoms with E-state index < -0.39 is 83.3 Å². The number of carbonyl (C=O) groups is 2. The lowest BCUT2D eigenvalue weighted by molar-refractivity contribution is -0.385. The van der Waals surface area contributed by atoms with Gasteiger partial charge in [-0.15, -0.1) is 0 Å². The smallest absolute Gasteiger partial charge is 0.254 e. The van der Waals surface area contributed by atoms with Crippen molar-refractivity contribution in [3.8, 4) is 0 Å². The highest BCUT2D eigenvalue weighted by Gasteiger charge is 2.70. The minimum absolute atomic E-state index is 0.0645. The third kappa shape index (κ3) is 6.64. The Morgan fingerprint density at radius 2 is 1.00 bits per heavy atom. The van der Waals surface area contributed by atoms with E-state index in [2.05, 4.69) is 10.6 Å². The topological polar surface area (TPSA) is 235 Å². The summed E-state index contributed by atoms with van der Waals surface area (Å²) in [5.41, 5.74) is 0.129. The van der Waals surface area contributed by atoms with Crippen LogP contribution in [0.2, 0.25) is 0 Å². The molecule has 8 N–H and O–H groups in total. The standard InChI is InChI=1S/C30H40N2O14S/c1-41-19-21(35)27(15-33,43-3)45-29(23(19)37,31-25(39)17-11-7-5-8-12-17)47-30(32-26(40)18-13-9-6-10-14-18)24(38)20(42-2)22(36)28(16-34,44-4)46-30/h5-14,19-24,33-38H,15-16H2,1-4H3,(H,31,39)(H,32,40)/t19-,20-,21+,22+,23+,24+,27+,28+,29+,30+/m0/s1. The Morgan fingerprint density at radius 1 is 0.660 bits per heavy atom. The molecule has 0 bridgehead atoms. The molecule has 0 saturated carbocycles. The van der Waals surface area contributed by atoms with Gasteiger partial charge in [-0.25, -0.2) is 0 Å². The Morgan fingerprint density at radius 3 is 1.28 bits per heavy atom. The quantitative estimate of drug-likeness (QED) is 0.114. The predicted octanol–water partition coefficient (Wildman–Crippen LogP) is -1.91. The summed E-state index contributed by atoms with van der Waals surface area (Å²) < 4.78 is 33.9. The molecule has 16 nitrogen and oxygen atoms in total. The maximum absolute atomic E-state index is 13.8. The minimum atomic E-state index is -2.65. The Kier molecular flexibility index (Phi) is 11.7. The van der Waals surface area contributed by atoms with Crippen molar-refractivity contribution in [2.24, 2.45) is 0 Å². The van der Waals surface area contributed by atoms with Crippen LogP contribution >= 0.6 is 11.8 Å². The number of aliphatic hydroxyl groups is 6. The van der Waals surface area contributed by atoms with Crippen LogP contribution in [0.4, 0.5) is 0 Å². The molecule has 0 aromatic heterocycles. The van der Waals surface area contributed by atoms with Crippen LogP contribution in [0.15, 0.2) is 60.7 Å². The molecule has 4 rings (SSSR count). The second-order valence-corrected chi connectivity index (χ2v) is 12.2. The van der Waals surface area contributed by atoms with E-state index in [0.717, 1.165) is 28.4 Å². The van der Waals surface area contributed by atoms with Crippen molar-refractivity contribution in [1.82, 2.24) is 10.6 Å². The number of amides is 2. The van der Waals surface area contributed by atoms with Crippen molar-refractivity contribution in [3.63, 3.8) is 0 Å². The van der Waals surface area contributed by atoms with Gasteiger partial charge < -0.3 is 69.7 Å². The molecule has 0 radical (unpaired) electrons. The largest absolute Gasteiger partial charge is 0.391 e.